The van der Waals surface area contributed by atoms with E-state index in [0.29, 0.717) is 19.6 Å². The first-order chi connectivity index (χ1) is 14.6. The summed E-state index contributed by atoms with van der Waals surface area (Å²) in [5, 5.41) is 13.1. The number of nitro groups is 1. The molecule has 0 saturated heterocycles. The third-order valence-corrected chi connectivity index (χ3v) is 4.13. The van der Waals surface area contributed by atoms with Gasteiger partial charge >= 0.3 is 6.09 Å². The van der Waals surface area contributed by atoms with Crippen LogP contribution in [0.2, 0.25) is 0 Å². The van der Waals surface area contributed by atoms with Crippen LogP contribution in [-0.2, 0) is 16.1 Å². The number of non-ortho nitro benzene ring substituents is 1. The molecule has 0 aliphatic rings. The van der Waals surface area contributed by atoms with Crippen molar-refractivity contribution in [1.82, 2.24) is 5.32 Å². The molecular formula is C21H23N3O6. The van der Waals surface area contributed by atoms with Crippen molar-refractivity contribution in [3.05, 3.63) is 70.3 Å². The molecule has 2 rings (SSSR count). The van der Waals surface area contributed by atoms with Gasteiger partial charge in [-0.15, -0.1) is 0 Å². The van der Waals surface area contributed by atoms with Crippen LogP contribution in [0.4, 0.5) is 10.5 Å². The van der Waals surface area contributed by atoms with Crippen LogP contribution in [0.1, 0.15) is 31.2 Å². The third kappa shape index (κ3) is 8.64. The van der Waals surface area contributed by atoms with E-state index in [1.807, 2.05) is 30.3 Å². The monoisotopic (exact) mass is 413 g/mol. The van der Waals surface area contributed by atoms with Gasteiger partial charge in [0.05, 0.1) is 11.5 Å². The molecule has 0 radical (unpaired) electrons. The van der Waals surface area contributed by atoms with E-state index in [1.54, 1.807) is 0 Å². The molecule has 9 heteroatoms. The number of aliphatic imine (C=N–C) groups is 1. The second kappa shape index (κ2) is 12.8. The third-order valence-electron chi connectivity index (χ3n) is 4.13. The highest BCUT2D eigenvalue weighted by molar-refractivity contribution is 5.70. The fourth-order valence-corrected chi connectivity index (χ4v) is 2.62. The van der Waals surface area contributed by atoms with Crippen molar-refractivity contribution < 1.29 is 24.0 Å². The van der Waals surface area contributed by atoms with E-state index in [9.17, 15) is 19.7 Å². The number of carbonyl (C=O) groups is 1. The predicted octanol–water partition coefficient (Wildman–Crippen LogP) is 4.12. The number of isocyanates is 1. The zero-order valence-corrected chi connectivity index (χ0v) is 16.4. The molecule has 9 nitrogen and oxygen atoms in total. The van der Waals surface area contributed by atoms with Crippen molar-refractivity contribution in [2.45, 2.75) is 38.5 Å². The fourth-order valence-electron chi connectivity index (χ4n) is 2.62. The summed E-state index contributed by atoms with van der Waals surface area (Å²) in [4.78, 5) is 36.2. The van der Waals surface area contributed by atoms with E-state index < -0.39 is 17.2 Å². The maximum Gasteiger partial charge on any atom is 0.414 e. The number of rotatable bonds is 12. The van der Waals surface area contributed by atoms with Gasteiger partial charge in [-0.05, 0) is 37.0 Å². The first-order valence-corrected chi connectivity index (χ1v) is 9.50. The smallest absolute Gasteiger partial charge is 0.410 e. The van der Waals surface area contributed by atoms with Gasteiger partial charge in [-0.25, -0.2) is 9.59 Å². The number of hydrogen-bond acceptors (Lipinski definition) is 7. The molecule has 0 aromatic heterocycles. The molecule has 0 aliphatic carbocycles. The number of ether oxygens (including phenoxy) is 2. The molecule has 2 aromatic carbocycles. The number of amides is 1. The summed E-state index contributed by atoms with van der Waals surface area (Å²) < 4.78 is 10.7. The molecule has 0 heterocycles. The van der Waals surface area contributed by atoms with Crippen LogP contribution in [-0.4, -0.2) is 29.9 Å². The van der Waals surface area contributed by atoms with Gasteiger partial charge in [-0.2, -0.15) is 4.99 Å². The van der Waals surface area contributed by atoms with E-state index in [0.717, 1.165) is 24.8 Å². The largest absolute Gasteiger partial charge is 0.414 e. The van der Waals surface area contributed by atoms with Crippen LogP contribution >= 0.6 is 0 Å². The lowest BCUT2D eigenvalue weighted by Gasteiger charge is -2.13. The quantitative estimate of drug-likeness (QED) is 0.184. The lowest BCUT2D eigenvalue weighted by molar-refractivity contribution is -0.384. The molecule has 0 fully saturated rings. The Bertz CT molecular complexity index is 851. The maximum atomic E-state index is 11.9. The minimum atomic E-state index is -0.806. The van der Waals surface area contributed by atoms with Crippen molar-refractivity contribution in [3.8, 4) is 5.75 Å². The molecular weight excluding hydrogens is 390 g/mol. The Morgan fingerprint density at radius 3 is 2.50 bits per heavy atom. The van der Waals surface area contributed by atoms with Crippen LogP contribution in [0.25, 0.3) is 0 Å². The van der Waals surface area contributed by atoms with Crippen molar-refractivity contribution in [1.29, 1.82) is 0 Å². The highest BCUT2D eigenvalue weighted by Gasteiger charge is 2.13. The minimum absolute atomic E-state index is 0.112. The van der Waals surface area contributed by atoms with Crippen molar-refractivity contribution >= 4 is 17.9 Å². The average molecular weight is 413 g/mol. The molecule has 0 aliphatic heterocycles. The van der Waals surface area contributed by atoms with E-state index in [1.165, 1.54) is 30.3 Å². The van der Waals surface area contributed by atoms with Gasteiger partial charge in [0.2, 0.25) is 6.08 Å². The zero-order valence-electron chi connectivity index (χ0n) is 16.4. The van der Waals surface area contributed by atoms with Gasteiger partial charge in [-0.3, -0.25) is 15.4 Å². The van der Waals surface area contributed by atoms with Gasteiger partial charge in [-0.1, -0.05) is 36.8 Å². The number of nitro benzene ring substituents is 1. The van der Waals surface area contributed by atoms with Crippen LogP contribution in [0.3, 0.4) is 0 Å². The van der Waals surface area contributed by atoms with Gasteiger partial charge < -0.3 is 9.47 Å². The van der Waals surface area contributed by atoms with Gasteiger partial charge in [0, 0.05) is 18.7 Å². The van der Waals surface area contributed by atoms with E-state index in [4.69, 9.17) is 9.47 Å². The number of benzene rings is 2. The van der Waals surface area contributed by atoms with Gasteiger partial charge in [0.25, 0.3) is 5.69 Å². The van der Waals surface area contributed by atoms with Gasteiger partial charge in [0.15, 0.2) is 0 Å². The Morgan fingerprint density at radius 1 is 1.10 bits per heavy atom. The normalized spacial score (nSPS) is 11.2. The van der Waals surface area contributed by atoms with Gasteiger partial charge in [0.1, 0.15) is 11.9 Å². The number of nitrogens with zero attached hydrogens (tertiary/aromatic N) is 2. The Labute approximate surface area is 173 Å². The van der Waals surface area contributed by atoms with Crippen molar-refractivity contribution in [2.75, 3.05) is 6.61 Å². The van der Waals surface area contributed by atoms with E-state index in [2.05, 4.69) is 10.3 Å². The second-order valence-corrected chi connectivity index (χ2v) is 6.41. The fraction of sp³-hybridized carbons (Fsp3) is 0.333. The molecule has 30 heavy (non-hydrogen) atoms. The molecule has 1 amide bonds. The van der Waals surface area contributed by atoms with Crippen molar-refractivity contribution in [3.63, 3.8) is 0 Å². The van der Waals surface area contributed by atoms with Crippen LogP contribution in [0.5, 0.6) is 5.75 Å². The summed E-state index contributed by atoms with van der Waals surface area (Å²) in [6.45, 7) is 1.18. The topological polar surface area (TPSA) is 120 Å². The SMILES string of the molecule is O=C=NC(CCCCCOCc1ccccc1)NC(=O)Oc1ccc([N+](=O)[O-])cc1. The molecule has 0 saturated carbocycles. The molecule has 0 spiro atoms. The summed E-state index contributed by atoms with van der Waals surface area (Å²) in [7, 11) is 0. The summed E-state index contributed by atoms with van der Waals surface area (Å²) in [6, 6.07) is 15.0. The standard InChI is InChI=1S/C21H23N3O6/c25-16-22-20(9-5-2-6-14-29-15-17-7-3-1-4-8-17)23-21(26)30-19-12-10-18(11-13-19)24(27)28/h1,3-4,7-8,10-13,20H,2,5-6,9,14-15H2,(H,23,26). The average Bonchev–Trinajstić information content (AvgIpc) is 2.74. The number of hydrogen-bond donors (Lipinski definition) is 1. The number of nitrogens with one attached hydrogen (secondary N) is 1. The highest BCUT2D eigenvalue weighted by Crippen LogP contribution is 2.17. The van der Waals surface area contributed by atoms with Crippen molar-refractivity contribution in [2.24, 2.45) is 4.99 Å². The lowest BCUT2D eigenvalue weighted by Crippen LogP contribution is -2.35. The van der Waals surface area contributed by atoms with E-state index >= 15 is 0 Å². The summed E-state index contributed by atoms with van der Waals surface area (Å²) in [6.07, 6.45) is 2.75. The van der Waals surface area contributed by atoms with E-state index in [-0.39, 0.29) is 11.4 Å². The first kappa shape index (κ1) is 22.7. The number of unbranched alkanes of at least 4 members (excludes halogenated alkanes) is 2. The first-order valence-electron chi connectivity index (χ1n) is 9.50. The minimum Gasteiger partial charge on any atom is -0.410 e. The zero-order chi connectivity index (χ0) is 21.6. The molecule has 1 atom stereocenters. The Kier molecular flexibility index (Phi) is 9.72. The Morgan fingerprint density at radius 2 is 1.83 bits per heavy atom. The molecule has 1 N–H and O–H groups in total. The molecule has 2 aromatic rings. The summed E-state index contributed by atoms with van der Waals surface area (Å²) >= 11 is 0. The Balaban J connectivity index is 1.65. The summed E-state index contributed by atoms with van der Waals surface area (Å²) in [5.74, 6) is 0.141. The Hall–Kier alpha value is -3.55. The molecule has 1 unspecified atom stereocenters. The highest BCUT2D eigenvalue weighted by atomic mass is 16.6. The second-order valence-electron chi connectivity index (χ2n) is 6.41. The van der Waals surface area contributed by atoms with Crippen LogP contribution in [0.15, 0.2) is 59.6 Å². The lowest BCUT2D eigenvalue weighted by atomic mass is 10.1. The molecule has 0 bridgehead atoms. The predicted molar refractivity (Wildman–Crippen MR) is 109 cm³/mol. The molecule has 158 valence electrons. The van der Waals surface area contributed by atoms with Crippen LogP contribution < -0.4 is 10.1 Å². The summed E-state index contributed by atoms with van der Waals surface area (Å²) in [5.41, 5.74) is 1.01. The van der Waals surface area contributed by atoms with Crippen LogP contribution in [0, 0.1) is 10.1 Å². The number of carbonyl (C=O) groups excluding carboxylic acids is 2. The maximum absolute atomic E-state index is 11.9.